The van der Waals surface area contributed by atoms with Gasteiger partial charge >= 0.3 is 5.91 Å². The summed E-state index contributed by atoms with van der Waals surface area (Å²) in [5, 5.41) is 20.0. The fourth-order valence-electron chi connectivity index (χ4n) is 4.63. The van der Waals surface area contributed by atoms with Gasteiger partial charge in [0.25, 0.3) is 5.78 Å². The van der Waals surface area contributed by atoms with Crippen molar-refractivity contribution in [3.8, 4) is 11.5 Å². The summed E-state index contributed by atoms with van der Waals surface area (Å²) in [6.45, 7) is 4.49. The highest BCUT2D eigenvalue weighted by molar-refractivity contribution is 8.00. The van der Waals surface area contributed by atoms with Crippen LogP contribution in [0.1, 0.15) is 48.1 Å². The second-order valence-electron chi connectivity index (χ2n) is 9.88. The number of methoxy groups -OCH3 is 1. The first-order valence-electron chi connectivity index (χ1n) is 13.7. The molecule has 222 valence electrons. The van der Waals surface area contributed by atoms with Gasteiger partial charge in [-0.25, -0.2) is 4.39 Å². The third-order valence-corrected chi connectivity index (χ3v) is 9.04. The number of hydrogen-bond acceptors (Lipinski definition) is 9. The Balaban J connectivity index is 1.56. The highest BCUT2D eigenvalue weighted by Gasteiger charge is 2.48. The van der Waals surface area contributed by atoms with Gasteiger partial charge in [-0.2, -0.15) is 0 Å². The quantitative estimate of drug-likeness (QED) is 0.0474. The molecule has 1 N–H and O–H groups in total. The second-order valence-corrected chi connectivity index (χ2v) is 12.1. The normalized spacial score (nSPS) is 16.1. The standard InChI is InChI=1S/C32H30FN3O5S2/c1-4-5-16-41-24-15-14-21(17-25(24)40-3)27-26(28(37)20-12-10-19(2)11-13-20)29(38)30(39)36(27)31-34-35-32(43-31)42-18-22-8-6-7-9-23(22)33/h6-15,17,27,37H,4-5,16,18H2,1-3H3/b28-26-. The first kappa shape index (κ1) is 30.2. The molecule has 1 aromatic heterocycles. The zero-order chi connectivity index (χ0) is 30.5. The molecule has 1 aliphatic heterocycles. The Hall–Kier alpha value is -4.22. The van der Waals surface area contributed by atoms with Crippen LogP contribution in [0.25, 0.3) is 5.76 Å². The number of hydrogen-bond donors (Lipinski definition) is 1. The second kappa shape index (κ2) is 13.4. The van der Waals surface area contributed by atoms with E-state index in [0.717, 1.165) is 29.7 Å². The Morgan fingerprint density at radius 3 is 2.56 bits per heavy atom. The van der Waals surface area contributed by atoms with Crippen molar-refractivity contribution < 1.29 is 28.6 Å². The van der Waals surface area contributed by atoms with Crippen LogP contribution in [0, 0.1) is 12.7 Å². The summed E-state index contributed by atoms with van der Waals surface area (Å²) in [6.07, 6.45) is 1.84. The molecule has 2 heterocycles. The number of Topliss-reactive ketones (excluding diaryl/α,β-unsaturated/α-hetero) is 1. The highest BCUT2D eigenvalue weighted by Crippen LogP contribution is 2.45. The molecule has 11 heteroatoms. The number of nitrogens with zero attached hydrogens (tertiary/aromatic N) is 3. The molecule has 3 aromatic carbocycles. The molecule has 8 nitrogen and oxygen atoms in total. The number of ether oxygens (including phenoxy) is 2. The van der Waals surface area contributed by atoms with E-state index in [1.807, 2.05) is 19.1 Å². The molecule has 1 aliphatic rings. The number of carbonyl (C=O) groups is 2. The summed E-state index contributed by atoms with van der Waals surface area (Å²) in [5.41, 5.74) is 2.33. The van der Waals surface area contributed by atoms with Gasteiger partial charge < -0.3 is 14.6 Å². The van der Waals surface area contributed by atoms with E-state index < -0.39 is 17.7 Å². The first-order valence-corrected chi connectivity index (χ1v) is 15.5. The van der Waals surface area contributed by atoms with E-state index in [-0.39, 0.29) is 22.3 Å². The Bertz CT molecular complexity index is 1670. The number of aliphatic hydroxyl groups excluding tert-OH is 1. The minimum absolute atomic E-state index is 0.0775. The molecule has 1 fully saturated rings. The number of aryl methyl sites for hydroxylation is 1. The summed E-state index contributed by atoms with van der Waals surface area (Å²) in [6, 6.07) is 17.6. The van der Waals surface area contributed by atoms with Gasteiger partial charge in [-0.15, -0.1) is 10.2 Å². The average molecular weight is 620 g/mol. The van der Waals surface area contributed by atoms with E-state index in [9.17, 15) is 19.1 Å². The Kier molecular flexibility index (Phi) is 9.42. The van der Waals surface area contributed by atoms with Crippen molar-refractivity contribution in [1.82, 2.24) is 10.2 Å². The molecule has 1 amide bonds. The largest absolute Gasteiger partial charge is 0.507 e. The van der Waals surface area contributed by atoms with Crippen LogP contribution < -0.4 is 14.4 Å². The number of thioether (sulfide) groups is 1. The van der Waals surface area contributed by atoms with Crippen molar-refractivity contribution in [1.29, 1.82) is 0 Å². The average Bonchev–Trinajstić information content (AvgIpc) is 3.58. The van der Waals surface area contributed by atoms with E-state index >= 15 is 0 Å². The van der Waals surface area contributed by atoms with Crippen LogP contribution in [-0.2, 0) is 15.3 Å². The molecule has 0 saturated carbocycles. The van der Waals surface area contributed by atoms with Crippen LogP contribution >= 0.6 is 23.1 Å². The van der Waals surface area contributed by atoms with Crippen LogP contribution in [-0.4, -0.2) is 40.7 Å². The maximum atomic E-state index is 14.1. The summed E-state index contributed by atoms with van der Waals surface area (Å²) in [4.78, 5) is 28.4. The number of aliphatic hydroxyl groups is 1. The molecule has 4 aromatic rings. The van der Waals surface area contributed by atoms with Crippen molar-refractivity contribution in [2.75, 3.05) is 18.6 Å². The highest BCUT2D eigenvalue weighted by atomic mass is 32.2. The lowest BCUT2D eigenvalue weighted by molar-refractivity contribution is -0.132. The molecule has 5 rings (SSSR count). The zero-order valence-electron chi connectivity index (χ0n) is 23.9. The SMILES string of the molecule is CCCCOc1ccc(C2/C(=C(/O)c3ccc(C)cc3)C(=O)C(=O)N2c2nnc(SCc3ccccc3F)s2)cc1OC. The molecule has 1 unspecified atom stereocenters. The van der Waals surface area contributed by atoms with Crippen LogP contribution in [0.3, 0.4) is 0 Å². The van der Waals surface area contributed by atoms with Gasteiger partial charge in [0.1, 0.15) is 11.6 Å². The zero-order valence-corrected chi connectivity index (χ0v) is 25.5. The van der Waals surface area contributed by atoms with Gasteiger partial charge in [0.05, 0.1) is 25.3 Å². The van der Waals surface area contributed by atoms with Crippen molar-refractivity contribution >= 4 is 45.7 Å². The third kappa shape index (κ3) is 6.42. The predicted octanol–water partition coefficient (Wildman–Crippen LogP) is 7.09. The Morgan fingerprint density at radius 1 is 1.07 bits per heavy atom. The monoisotopic (exact) mass is 619 g/mol. The maximum Gasteiger partial charge on any atom is 0.301 e. The maximum absolute atomic E-state index is 14.1. The van der Waals surface area contributed by atoms with Crippen LogP contribution in [0.2, 0.25) is 0 Å². The summed E-state index contributed by atoms with van der Waals surface area (Å²) < 4.78 is 26.1. The van der Waals surface area contributed by atoms with E-state index in [1.54, 1.807) is 48.5 Å². The third-order valence-electron chi connectivity index (χ3n) is 6.94. The van der Waals surface area contributed by atoms with Gasteiger partial charge in [-0.1, -0.05) is 90.5 Å². The molecule has 0 aliphatic carbocycles. The Labute approximate surface area is 257 Å². The molecular formula is C32H30FN3O5S2. The smallest absolute Gasteiger partial charge is 0.301 e. The fourth-order valence-corrected chi connectivity index (χ4v) is 6.48. The van der Waals surface area contributed by atoms with E-state index in [2.05, 4.69) is 17.1 Å². The van der Waals surface area contributed by atoms with Crippen LogP contribution in [0.5, 0.6) is 11.5 Å². The molecule has 1 saturated heterocycles. The summed E-state index contributed by atoms with van der Waals surface area (Å²) in [5.74, 6) is -1.05. The molecule has 43 heavy (non-hydrogen) atoms. The number of aromatic nitrogens is 2. The van der Waals surface area contributed by atoms with Gasteiger partial charge in [-0.3, -0.25) is 14.5 Å². The minimum atomic E-state index is -1.02. The number of anilines is 1. The number of rotatable bonds is 11. The predicted molar refractivity (Wildman–Crippen MR) is 165 cm³/mol. The van der Waals surface area contributed by atoms with E-state index in [0.29, 0.717) is 44.9 Å². The lowest BCUT2D eigenvalue weighted by Crippen LogP contribution is -2.29. The minimum Gasteiger partial charge on any atom is -0.507 e. The molecule has 0 radical (unpaired) electrons. The number of ketones is 1. The lowest BCUT2D eigenvalue weighted by Gasteiger charge is -2.23. The summed E-state index contributed by atoms with van der Waals surface area (Å²) >= 11 is 2.38. The molecule has 0 spiro atoms. The van der Waals surface area contributed by atoms with Crippen molar-refractivity contribution in [3.05, 3.63) is 100 Å². The number of unbranched alkanes of at least 4 members (excludes halogenated alkanes) is 1. The lowest BCUT2D eigenvalue weighted by atomic mass is 9.95. The number of carbonyl (C=O) groups excluding carboxylic acids is 2. The Morgan fingerprint density at radius 2 is 1.84 bits per heavy atom. The van der Waals surface area contributed by atoms with Crippen molar-refractivity contribution in [2.24, 2.45) is 0 Å². The number of amides is 1. The fraction of sp³-hybridized carbons (Fsp3) is 0.250. The molecule has 1 atom stereocenters. The summed E-state index contributed by atoms with van der Waals surface area (Å²) in [7, 11) is 1.51. The van der Waals surface area contributed by atoms with Crippen LogP contribution in [0.4, 0.5) is 9.52 Å². The molecule has 0 bridgehead atoms. The first-order chi connectivity index (χ1) is 20.8. The van der Waals surface area contributed by atoms with Gasteiger partial charge in [0.15, 0.2) is 15.8 Å². The van der Waals surface area contributed by atoms with Crippen LogP contribution in [0.15, 0.2) is 76.6 Å². The topological polar surface area (TPSA) is 102 Å². The van der Waals surface area contributed by atoms with E-state index in [1.165, 1.54) is 29.8 Å². The van der Waals surface area contributed by atoms with Crippen molar-refractivity contribution in [2.45, 2.75) is 42.8 Å². The molecular weight excluding hydrogens is 590 g/mol. The van der Waals surface area contributed by atoms with Gasteiger partial charge in [-0.05, 0) is 42.7 Å². The number of halogens is 1. The van der Waals surface area contributed by atoms with Gasteiger partial charge in [0, 0.05) is 11.3 Å². The van der Waals surface area contributed by atoms with Gasteiger partial charge in [0.2, 0.25) is 5.13 Å². The number of benzene rings is 3. The van der Waals surface area contributed by atoms with Crippen molar-refractivity contribution in [3.63, 3.8) is 0 Å². The van der Waals surface area contributed by atoms with E-state index in [4.69, 9.17) is 9.47 Å².